The summed E-state index contributed by atoms with van der Waals surface area (Å²) < 4.78 is 0.905. The largest absolute Gasteiger partial charge is 0.351 e. The molecular formula is C9H10BrN3. The molecule has 0 amide bonds. The lowest BCUT2D eigenvalue weighted by molar-refractivity contribution is 0.773. The van der Waals surface area contributed by atoms with Gasteiger partial charge < -0.3 is 5.32 Å². The summed E-state index contributed by atoms with van der Waals surface area (Å²) >= 11 is 3.29. The van der Waals surface area contributed by atoms with Crippen molar-refractivity contribution in [1.82, 2.24) is 9.97 Å². The van der Waals surface area contributed by atoms with Crippen molar-refractivity contribution in [2.75, 3.05) is 5.32 Å². The van der Waals surface area contributed by atoms with Crippen LogP contribution >= 0.6 is 15.9 Å². The Balaban J connectivity index is 1.97. The molecule has 0 radical (unpaired) electrons. The molecule has 68 valence electrons. The molecule has 0 fully saturated rings. The van der Waals surface area contributed by atoms with Crippen LogP contribution in [-0.4, -0.2) is 16.0 Å². The van der Waals surface area contributed by atoms with E-state index in [1.165, 1.54) is 0 Å². The van der Waals surface area contributed by atoms with Gasteiger partial charge in [0, 0.05) is 18.4 Å². The lowest BCUT2D eigenvalue weighted by atomic mass is 10.2. The average molecular weight is 240 g/mol. The molecule has 1 aliphatic carbocycles. The minimum atomic E-state index is 0.473. The maximum atomic E-state index is 4.14. The first kappa shape index (κ1) is 8.69. The van der Waals surface area contributed by atoms with Gasteiger partial charge in [0.2, 0.25) is 5.95 Å². The summed E-state index contributed by atoms with van der Waals surface area (Å²) in [5.41, 5.74) is 0. The number of aromatic nitrogens is 2. The molecule has 0 saturated heterocycles. The lowest BCUT2D eigenvalue weighted by Gasteiger charge is -2.10. The molecule has 0 bridgehead atoms. The fraction of sp³-hybridized carbons (Fsp3) is 0.333. The van der Waals surface area contributed by atoms with Crippen LogP contribution in [0.15, 0.2) is 29.0 Å². The zero-order chi connectivity index (χ0) is 9.10. The van der Waals surface area contributed by atoms with Crippen LogP contribution in [0.3, 0.4) is 0 Å². The van der Waals surface area contributed by atoms with E-state index in [9.17, 15) is 0 Å². The molecular weight excluding hydrogens is 230 g/mol. The van der Waals surface area contributed by atoms with Gasteiger partial charge in [0.25, 0.3) is 0 Å². The SMILES string of the molecule is Brc1cnc(NC2CC=CC2)nc1. The van der Waals surface area contributed by atoms with E-state index >= 15 is 0 Å². The van der Waals surface area contributed by atoms with Crippen molar-refractivity contribution in [2.24, 2.45) is 0 Å². The van der Waals surface area contributed by atoms with Crippen LogP contribution in [0, 0.1) is 0 Å². The van der Waals surface area contributed by atoms with Crippen molar-refractivity contribution in [2.45, 2.75) is 18.9 Å². The molecule has 1 heterocycles. The zero-order valence-corrected chi connectivity index (χ0v) is 8.66. The van der Waals surface area contributed by atoms with Crippen molar-refractivity contribution >= 4 is 21.9 Å². The Kier molecular flexibility index (Phi) is 2.59. The number of nitrogens with zero attached hydrogens (tertiary/aromatic N) is 2. The quantitative estimate of drug-likeness (QED) is 0.806. The van der Waals surface area contributed by atoms with Gasteiger partial charge in [0.15, 0.2) is 0 Å². The molecule has 1 N–H and O–H groups in total. The van der Waals surface area contributed by atoms with E-state index in [0.717, 1.165) is 17.3 Å². The summed E-state index contributed by atoms with van der Waals surface area (Å²) in [4.78, 5) is 8.29. The zero-order valence-electron chi connectivity index (χ0n) is 7.07. The smallest absolute Gasteiger partial charge is 0.222 e. The average Bonchev–Trinajstić information content (AvgIpc) is 2.62. The van der Waals surface area contributed by atoms with Crippen LogP contribution < -0.4 is 5.32 Å². The van der Waals surface area contributed by atoms with Crippen LogP contribution in [-0.2, 0) is 0 Å². The molecule has 1 aromatic rings. The van der Waals surface area contributed by atoms with Gasteiger partial charge in [-0.05, 0) is 28.8 Å². The van der Waals surface area contributed by atoms with Gasteiger partial charge >= 0.3 is 0 Å². The molecule has 0 saturated carbocycles. The first-order valence-electron chi connectivity index (χ1n) is 4.23. The Hall–Kier alpha value is -0.900. The third-order valence-electron chi connectivity index (χ3n) is 1.96. The topological polar surface area (TPSA) is 37.8 Å². The molecule has 0 aromatic carbocycles. The molecule has 3 nitrogen and oxygen atoms in total. The standard InChI is InChI=1S/C9H10BrN3/c10-7-5-11-9(12-6-7)13-8-3-1-2-4-8/h1-2,5-6,8H,3-4H2,(H,11,12,13). The Morgan fingerprint density at radius 2 is 1.85 bits per heavy atom. The van der Waals surface area contributed by atoms with Crippen molar-refractivity contribution in [3.8, 4) is 0 Å². The lowest BCUT2D eigenvalue weighted by Crippen LogP contribution is -2.16. The van der Waals surface area contributed by atoms with Gasteiger partial charge in [-0.2, -0.15) is 0 Å². The Morgan fingerprint density at radius 1 is 1.23 bits per heavy atom. The second-order valence-electron chi connectivity index (χ2n) is 3.01. The Morgan fingerprint density at radius 3 is 2.46 bits per heavy atom. The van der Waals surface area contributed by atoms with E-state index in [4.69, 9.17) is 0 Å². The fourth-order valence-electron chi connectivity index (χ4n) is 1.30. The Labute approximate surface area is 85.4 Å². The number of hydrogen-bond donors (Lipinski definition) is 1. The third kappa shape index (κ3) is 2.28. The highest BCUT2D eigenvalue weighted by atomic mass is 79.9. The highest BCUT2D eigenvalue weighted by Crippen LogP contribution is 2.14. The highest BCUT2D eigenvalue weighted by molar-refractivity contribution is 9.10. The predicted molar refractivity (Wildman–Crippen MR) is 55.5 cm³/mol. The molecule has 1 aromatic heterocycles. The molecule has 0 atom stereocenters. The van der Waals surface area contributed by atoms with Crippen LogP contribution in [0.4, 0.5) is 5.95 Å². The number of rotatable bonds is 2. The van der Waals surface area contributed by atoms with E-state index < -0.39 is 0 Å². The van der Waals surface area contributed by atoms with E-state index in [0.29, 0.717) is 12.0 Å². The van der Waals surface area contributed by atoms with E-state index in [-0.39, 0.29) is 0 Å². The molecule has 0 spiro atoms. The van der Waals surface area contributed by atoms with Crippen LogP contribution in [0.2, 0.25) is 0 Å². The van der Waals surface area contributed by atoms with E-state index in [1.807, 2.05) is 0 Å². The summed E-state index contributed by atoms with van der Waals surface area (Å²) in [5.74, 6) is 0.705. The number of hydrogen-bond acceptors (Lipinski definition) is 3. The minimum absolute atomic E-state index is 0.473. The third-order valence-corrected chi connectivity index (χ3v) is 2.37. The van der Waals surface area contributed by atoms with E-state index in [1.54, 1.807) is 12.4 Å². The van der Waals surface area contributed by atoms with Crippen LogP contribution in [0.1, 0.15) is 12.8 Å². The second-order valence-corrected chi connectivity index (χ2v) is 3.92. The molecule has 0 aliphatic heterocycles. The molecule has 0 unspecified atom stereocenters. The first-order chi connectivity index (χ1) is 6.34. The van der Waals surface area contributed by atoms with Gasteiger partial charge in [-0.15, -0.1) is 0 Å². The molecule has 4 heteroatoms. The maximum absolute atomic E-state index is 4.14. The Bertz CT molecular complexity index is 299. The van der Waals surface area contributed by atoms with Gasteiger partial charge in [-0.1, -0.05) is 12.2 Å². The van der Waals surface area contributed by atoms with Crippen molar-refractivity contribution in [3.63, 3.8) is 0 Å². The van der Waals surface area contributed by atoms with E-state index in [2.05, 4.69) is 43.4 Å². The molecule has 2 rings (SSSR count). The van der Waals surface area contributed by atoms with Gasteiger partial charge in [-0.3, -0.25) is 0 Å². The number of anilines is 1. The summed E-state index contributed by atoms with van der Waals surface area (Å²) in [7, 11) is 0. The van der Waals surface area contributed by atoms with Crippen LogP contribution in [0.25, 0.3) is 0 Å². The molecule has 13 heavy (non-hydrogen) atoms. The summed E-state index contributed by atoms with van der Waals surface area (Å²) in [5, 5.41) is 3.26. The summed E-state index contributed by atoms with van der Waals surface area (Å²) in [6.07, 6.45) is 9.99. The van der Waals surface area contributed by atoms with Crippen molar-refractivity contribution in [1.29, 1.82) is 0 Å². The van der Waals surface area contributed by atoms with Crippen molar-refractivity contribution in [3.05, 3.63) is 29.0 Å². The molecule has 1 aliphatic rings. The normalized spacial score (nSPS) is 16.4. The number of nitrogens with one attached hydrogen (secondary N) is 1. The fourth-order valence-corrected chi connectivity index (χ4v) is 1.51. The number of halogens is 1. The van der Waals surface area contributed by atoms with Gasteiger partial charge in [-0.25, -0.2) is 9.97 Å². The first-order valence-corrected chi connectivity index (χ1v) is 5.03. The monoisotopic (exact) mass is 239 g/mol. The summed E-state index contributed by atoms with van der Waals surface area (Å²) in [6, 6.07) is 0.473. The van der Waals surface area contributed by atoms with Gasteiger partial charge in [0.05, 0.1) is 4.47 Å². The maximum Gasteiger partial charge on any atom is 0.222 e. The predicted octanol–water partition coefficient (Wildman–Crippen LogP) is 2.37. The minimum Gasteiger partial charge on any atom is -0.351 e. The second kappa shape index (κ2) is 3.87. The van der Waals surface area contributed by atoms with Crippen molar-refractivity contribution < 1.29 is 0 Å². The van der Waals surface area contributed by atoms with Crippen LogP contribution in [0.5, 0.6) is 0 Å². The summed E-state index contributed by atoms with van der Waals surface area (Å²) in [6.45, 7) is 0. The van der Waals surface area contributed by atoms with Gasteiger partial charge in [0.1, 0.15) is 0 Å². The highest BCUT2D eigenvalue weighted by Gasteiger charge is 2.10.